The summed E-state index contributed by atoms with van der Waals surface area (Å²) in [4.78, 5) is 4.22. The van der Waals surface area contributed by atoms with Gasteiger partial charge in [0.15, 0.2) is 0 Å². The molecule has 3 rings (SSSR count). The summed E-state index contributed by atoms with van der Waals surface area (Å²) in [6.07, 6.45) is 5.20. The maximum Gasteiger partial charge on any atom is 0.212 e. The van der Waals surface area contributed by atoms with Crippen LogP contribution in [-0.4, -0.2) is 17.2 Å². The molecule has 0 saturated heterocycles. The topological polar surface area (TPSA) is 54.4 Å². The van der Waals surface area contributed by atoms with Crippen LogP contribution in [-0.2, 0) is 13.0 Å². The lowest BCUT2D eigenvalue weighted by atomic mass is 9.87. The van der Waals surface area contributed by atoms with Crippen molar-refractivity contribution in [2.75, 3.05) is 7.11 Å². The van der Waals surface area contributed by atoms with Gasteiger partial charge >= 0.3 is 0 Å². The molecule has 1 aliphatic rings. The van der Waals surface area contributed by atoms with Crippen molar-refractivity contribution < 1.29 is 9.84 Å². The van der Waals surface area contributed by atoms with Gasteiger partial charge in [0.1, 0.15) is 5.75 Å². The van der Waals surface area contributed by atoms with Crippen molar-refractivity contribution in [1.82, 2.24) is 10.3 Å². The Morgan fingerprint density at radius 1 is 1.33 bits per heavy atom. The highest BCUT2D eigenvalue weighted by atomic mass is 16.5. The van der Waals surface area contributed by atoms with Crippen molar-refractivity contribution in [1.29, 1.82) is 0 Å². The van der Waals surface area contributed by atoms with Gasteiger partial charge in [0.2, 0.25) is 5.88 Å². The number of hydrogen-bond acceptors (Lipinski definition) is 4. The number of benzene rings is 1. The Balaban J connectivity index is 1.70. The molecule has 2 N–H and O–H groups in total. The zero-order valence-electron chi connectivity index (χ0n) is 12.2. The number of rotatable bonds is 4. The summed E-state index contributed by atoms with van der Waals surface area (Å²) < 4.78 is 5.06. The number of phenolic OH excluding ortho intramolecular Hbond substituents is 1. The normalized spacial score (nSPS) is 17.3. The number of fused-ring (bicyclic) bond motifs is 1. The second-order valence-electron chi connectivity index (χ2n) is 5.42. The predicted octanol–water partition coefficient (Wildman–Crippen LogP) is 2.96. The Kier molecular flexibility index (Phi) is 4.06. The smallest absolute Gasteiger partial charge is 0.212 e. The van der Waals surface area contributed by atoms with Crippen LogP contribution in [0, 0.1) is 0 Å². The van der Waals surface area contributed by atoms with E-state index in [1.54, 1.807) is 13.2 Å². The van der Waals surface area contributed by atoms with E-state index in [1.807, 2.05) is 30.5 Å². The Morgan fingerprint density at radius 3 is 3.00 bits per heavy atom. The minimum Gasteiger partial charge on any atom is -0.508 e. The maximum absolute atomic E-state index is 9.70. The van der Waals surface area contributed by atoms with Gasteiger partial charge in [-0.2, -0.15) is 0 Å². The number of aryl methyl sites for hydroxylation is 1. The van der Waals surface area contributed by atoms with Gasteiger partial charge in [-0.3, -0.25) is 0 Å². The molecule has 1 aliphatic carbocycles. The third-order valence-corrected chi connectivity index (χ3v) is 4.00. The Hall–Kier alpha value is -2.07. The molecule has 0 radical (unpaired) electrons. The predicted molar refractivity (Wildman–Crippen MR) is 81.4 cm³/mol. The molecule has 1 aromatic heterocycles. The molecule has 0 bridgehead atoms. The van der Waals surface area contributed by atoms with E-state index in [2.05, 4.69) is 10.3 Å². The number of nitrogens with one attached hydrogen (secondary N) is 1. The molecule has 4 heteroatoms. The molecule has 0 spiro atoms. The van der Waals surface area contributed by atoms with Crippen LogP contribution in [0.25, 0.3) is 0 Å². The van der Waals surface area contributed by atoms with Crippen molar-refractivity contribution in [3.05, 3.63) is 53.2 Å². The van der Waals surface area contributed by atoms with Crippen LogP contribution in [0.5, 0.6) is 11.6 Å². The summed E-state index contributed by atoms with van der Waals surface area (Å²) in [5.41, 5.74) is 3.69. The second-order valence-corrected chi connectivity index (χ2v) is 5.42. The third kappa shape index (κ3) is 3.16. The van der Waals surface area contributed by atoms with Gasteiger partial charge in [-0.15, -0.1) is 0 Å². The van der Waals surface area contributed by atoms with E-state index in [4.69, 9.17) is 4.74 Å². The molecule has 0 aliphatic heterocycles. The van der Waals surface area contributed by atoms with E-state index in [9.17, 15) is 5.11 Å². The van der Waals surface area contributed by atoms with Crippen LogP contribution in [0.1, 0.15) is 35.6 Å². The van der Waals surface area contributed by atoms with Crippen molar-refractivity contribution >= 4 is 0 Å². The van der Waals surface area contributed by atoms with Crippen molar-refractivity contribution in [3.63, 3.8) is 0 Å². The lowest BCUT2D eigenvalue weighted by molar-refractivity contribution is 0.397. The number of aromatic hydroxyl groups is 1. The molecular weight excluding hydrogens is 264 g/mol. The Bertz CT molecular complexity index is 611. The molecule has 0 amide bonds. The molecule has 2 aromatic rings. The molecule has 110 valence electrons. The highest BCUT2D eigenvalue weighted by molar-refractivity contribution is 5.38. The van der Waals surface area contributed by atoms with Crippen LogP contribution in [0.3, 0.4) is 0 Å². The lowest BCUT2D eigenvalue weighted by Gasteiger charge is -2.26. The first-order chi connectivity index (χ1) is 10.3. The number of aromatic nitrogens is 1. The van der Waals surface area contributed by atoms with Gasteiger partial charge in [0.05, 0.1) is 7.11 Å². The number of nitrogens with zero attached hydrogens (tertiary/aromatic N) is 1. The molecule has 1 aromatic carbocycles. The zero-order valence-corrected chi connectivity index (χ0v) is 12.2. The number of ether oxygens (including phenoxy) is 1. The zero-order chi connectivity index (χ0) is 14.7. The van der Waals surface area contributed by atoms with Crippen LogP contribution in [0.4, 0.5) is 0 Å². The van der Waals surface area contributed by atoms with E-state index in [0.717, 1.165) is 24.9 Å². The van der Waals surface area contributed by atoms with Gasteiger partial charge in [-0.1, -0.05) is 12.1 Å². The van der Waals surface area contributed by atoms with Crippen LogP contribution >= 0.6 is 0 Å². The summed E-state index contributed by atoms with van der Waals surface area (Å²) in [6.45, 7) is 0.761. The van der Waals surface area contributed by atoms with E-state index < -0.39 is 0 Å². The van der Waals surface area contributed by atoms with Gasteiger partial charge in [-0.05, 0) is 48.1 Å². The first kappa shape index (κ1) is 13.9. The lowest BCUT2D eigenvalue weighted by Crippen LogP contribution is -2.24. The quantitative estimate of drug-likeness (QED) is 0.906. The molecule has 1 unspecified atom stereocenters. The van der Waals surface area contributed by atoms with Crippen molar-refractivity contribution in [3.8, 4) is 11.6 Å². The fourth-order valence-electron chi connectivity index (χ4n) is 2.88. The minimum atomic E-state index is 0.294. The number of phenols is 1. The maximum atomic E-state index is 9.70. The van der Waals surface area contributed by atoms with E-state index in [0.29, 0.717) is 17.7 Å². The minimum absolute atomic E-state index is 0.294. The van der Waals surface area contributed by atoms with E-state index >= 15 is 0 Å². The monoisotopic (exact) mass is 284 g/mol. The molecule has 0 saturated carbocycles. The fraction of sp³-hybridized carbons (Fsp3) is 0.353. The summed E-state index contributed by atoms with van der Waals surface area (Å²) in [6, 6.07) is 9.88. The summed E-state index contributed by atoms with van der Waals surface area (Å²) in [5, 5.41) is 13.3. The first-order valence-electron chi connectivity index (χ1n) is 7.30. The third-order valence-electron chi connectivity index (χ3n) is 4.00. The van der Waals surface area contributed by atoms with Crippen molar-refractivity contribution in [2.45, 2.75) is 31.8 Å². The molecule has 1 heterocycles. The average molecular weight is 284 g/mol. The van der Waals surface area contributed by atoms with Crippen LogP contribution < -0.4 is 10.1 Å². The van der Waals surface area contributed by atoms with Gasteiger partial charge < -0.3 is 15.2 Å². The largest absolute Gasteiger partial charge is 0.508 e. The van der Waals surface area contributed by atoms with E-state index in [1.165, 1.54) is 17.5 Å². The average Bonchev–Trinajstić information content (AvgIpc) is 2.53. The van der Waals surface area contributed by atoms with Crippen LogP contribution in [0.15, 0.2) is 36.5 Å². The van der Waals surface area contributed by atoms with Crippen LogP contribution in [0.2, 0.25) is 0 Å². The summed E-state index contributed by atoms with van der Waals surface area (Å²) in [5.74, 6) is 0.972. The molecular formula is C17H20N2O2. The highest BCUT2D eigenvalue weighted by Crippen LogP contribution is 2.32. The van der Waals surface area contributed by atoms with Gasteiger partial charge in [0, 0.05) is 24.8 Å². The number of pyridine rings is 1. The molecule has 21 heavy (non-hydrogen) atoms. The Labute approximate surface area is 124 Å². The molecule has 0 fully saturated rings. The van der Waals surface area contributed by atoms with Crippen molar-refractivity contribution in [2.24, 2.45) is 0 Å². The SMILES string of the molecule is COc1ccc(CNC2CCCc3ccc(O)cc32)cn1. The first-order valence-corrected chi connectivity index (χ1v) is 7.30. The second kappa shape index (κ2) is 6.14. The van der Waals surface area contributed by atoms with Gasteiger partial charge in [0.25, 0.3) is 0 Å². The summed E-state index contributed by atoms with van der Waals surface area (Å²) in [7, 11) is 1.62. The standard InChI is InChI=1S/C17H20N2O2/c1-21-17-8-5-12(11-19-17)10-18-16-4-2-3-13-6-7-14(20)9-15(13)16/h5-9,11,16,18,20H,2-4,10H2,1H3. The summed E-state index contributed by atoms with van der Waals surface area (Å²) >= 11 is 0. The molecule has 1 atom stereocenters. The van der Waals surface area contributed by atoms with Gasteiger partial charge in [-0.25, -0.2) is 4.98 Å². The molecule has 4 nitrogen and oxygen atoms in total. The van der Waals surface area contributed by atoms with E-state index in [-0.39, 0.29) is 0 Å². The fourth-order valence-corrected chi connectivity index (χ4v) is 2.88. The highest BCUT2D eigenvalue weighted by Gasteiger charge is 2.20. The number of hydrogen-bond donors (Lipinski definition) is 2. The Morgan fingerprint density at radius 2 is 2.24 bits per heavy atom. The number of methoxy groups -OCH3 is 1.